The average Bonchev–Trinajstić information content (AvgIpc) is 3.21. The predicted molar refractivity (Wildman–Crippen MR) is 88.6 cm³/mol. The molecule has 2 aromatic heterocycles. The van der Waals surface area contributed by atoms with Crippen molar-refractivity contribution >= 4 is 22.5 Å². The Morgan fingerprint density at radius 3 is 2.91 bits per heavy atom. The minimum Gasteiger partial charge on any atom is -0.497 e. The predicted octanol–water partition coefficient (Wildman–Crippen LogP) is 4.55. The molecule has 0 bridgehead atoms. The van der Waals surface area contributed by atoms with Crippen LogP contribution in [0.5, 0.6) is 5.75 Å². The van der Waals surface area contributed by atoms with Crippen LogP contribution in [-0.4, -0.2) is 22.5 Å². The normalized spacial score (nSPS) is 11.0. The average molecular weight is 326 g/mol. The van der Waals surface area contributed by atoms with Crippen LogP contribution in [0.3, 0.4) is 0 Å². The first kappa shape index (κ1) is 13.8. The van der Waals surface area contributed by atoms with Crippen LogP contribution in [0.1, 0.15) is 0 Å². The minimum atomic E-state index is 0.656. The van der Waals surface area contributed by atoms with E-state index in [2.05, 4.69) is 15.4 Å². The highest BCUT2D eigenvalue weighted by atomic mass is 35.5. The van der Waals surface area contributed by atoms with Crippen molar-refractivity contribution in [2.45, 2.75) is 0 Å². The smallest absolute Gasteiger partial charge is 0.167 e. The molecule has 0 atom stereocenters. The van der Waals surface area contributed by atoms with Crippen LogP contribution < -0.4 is 4.74 Å². The monoisotopic (exact) mass is 325 g/mol. The summed E-state index contributed by atoms with van der Waals surface area (Å²) in [6.45, 7) is 0. The van der Waals surface area contributed by atoms with E-state index in [1.165, 1.54) is 0 Å². The highest BCUT2D eigenvalue weighted by molar-refractivity contribution is 6.31. The standard InChI is InChI=1S/C17H12ClN3O2/c1-22-12-4-2-3-10(7-12)16-9-15(21-23-16)17-13-6-5-11(18)8-14(13)19-20-17/h2-9H,1H3,(H,19,20). The van der Waals surface area contributed by atoms with Crippen LogP contribution in [0.2, 0.25) is 5.02 Å². The Morgan fingerprint density at radius 2 is 2.04 bits per heavy atom. The molecule has 0 saturated carbocycles. The Kier molecular flexibility index (Phi) is 3.28. The number of H-pyrrole nitrogens is 1. The summed E-state index contributed by atoms with van der Waals surface area (Å²) in [5.74, 6) is 1.42. The van der Waals surface area contributed by atoms with E-state index in [-0.39, 0.29) is 0 Å². The molecule has 0 unspecified atom stereocenters. The molecule has 2 aromatic carbocycles. The lowest BCUT2D eigenvalue weighted by molar-refractivity contribution is 0.413. The highest BCUT2D eigenvalue weighted by Gasteiger charge is 2.14. The summed E-state index contributed by atoms with van der Waals surface area (Å²) >= 11 is 5.99. The number of hydrogen-bond acceptors (Lipinski definition) is 4. The van der Waals surface area contributed by atoms with Gasteiger partial charge in [0.1, 0.15) is 17.1 Å². The van der Waals surface area contributed by atoms with E-state index in [1.54, 1.807) is 7.11 Å². The number of ether oxygens (including phenoxy) is 1. The molecule has 23 heavy (non-hydrogen) atoms. The van der Waals surface area contributed by atoms with E-state index >= 15 is 0 Å². The zero-order valence-electron chi connectivity index (χ0n) is 12.2. The van der Waals surface area contributed by atoms with Crippen molar-refractivity contribution in [3.8, 4) is 28.5 Å². The van der Waals surface area contributed by atoms with Crippen LogP contribution in [0, 0.1) is 0 Å². The second kappa shape index (κ2) is 5.44. The first-order chi connectivity index (χ1) is 11.2. The maximum atomic E-state index is 5.99. The quantitative estimate of drug-likeness (QED) is 0.600. The van der Waals surface area contributed by atoms with Crippen LogP contribution in [0.15, 0.2) is 53.1 Å². The van der Waals surface area contributed by atoms with E-state index < -0.39 is 0 Å². The molecule has 1 N–H and O–H groups in total. The number of methoxy groups -OCH3 is 1. The van der Waals surface area contributed by atoms with Crippen molar-refractivity contribution in [3.05, 3.63) is 53.6 Å². The molecule has 0 amide bonds. The van der Waals surface area contributed by atoms with Crippen LogP contribution in [0.4, 0.5) is 0 Å². The lowest BCUT2D eigenvalue weighted by Gasteiger charge is -2.00. The largest absolute Gasteiger partial charge is 0.497 e. The molecule has 0 saturated heterocycles. The molecule has 2 heterocycles. The van der Waals surface area contributed by atoms with Gasteiger partial charge in [0.2, 0.25) is 0 Å². The van der Waals surface area contributed by atoms with Gasteiger partial charge in [0, 0.05) is 22.0 Å². The summed E-state index contributed by atoms with van der Waals surface area (Å²) in [5.41, 5.74) is 3.15. The van der Waals surface area contributed by atoms with Gasteiger partial charge in [-0.25, -0.2) is 0 Å². The van der Waals surface area contributed by atoms with Crippen molar-refractivity contribution in [1.82, 2.24) is 15.4 Å². The van der Waals surface area contributed by atoms with E-state index in [0.29, 0.717) is 16.5 Å². The first-order valence-corrected chi connectivity index (χ1v) is 7.37. The molecule has 4 aromatic rings. The first-order valence-electron chi connectivity index (χ1n) is 7.00. The molecule has 0 fully saturated rings. The number of hydrogen-bond donors (Lipinski definition) is 1. The van der Waals surface area contributed by atoms with E-state index in [9.17, 15) is 0 Å². The number of aromatic amines is 1. The van der Waals surface area contributed by atoms with E-state index in [0.717, 1.165) is 27.9 Å². The van der Waals surface area contributed by atoms with Crippen molar-refractivity contribution in [2.75, 3.05) is 7.11 Å². The summed E-state index contributed by atoms with van der Waals surface area (Å²) in [4.78, 5) is 0. The van der Waals surface area contributed by atoms with Gasteiger partial charge in [-0.3, -0.25) is 5.10 Å². The minimum absolute atomic E-state index is 0.656. The van der Waals surface area contributed by atoms with Gasteiger partial charge in [0.25, 0.3) is 0 Å². The van der Waals surface area contributed by atoms with Crippen molar-refractivity contribution < 1.29 is 9.26 Å². The molecular formula is C17H12ClN3O2. The van der Waals surface area contributed by atoms with Crippen LogP contribution in [0.25, 0.3) is 33.6 Å². The van der Waals surface area contributed by atoms with E-state index in [1.807, 2.05) is 48.5 Å². The highest BCUT2D eigenvalue weighted by Crippen LogP contribution is 2.31. The van der Waals surface area contributed by atoms with E-state index in [4.69, 9.17) is 20.9 Å². The fraction of sp³-hybridized carbons (Fsp3) is 0.0588. The fourth-order valence-corrected chi connectivity index (χ4v) is 2.66. The maximum Gasteiger partial charge on any atom is 0.167 e. The zero-order valence-corrected chi connectivity index (χ0v) is 13.0. The third kappa shape index (κ3) is 2.45. The Balaban J connectivity index is 1.77. The number of rotatable bonds is 3. The lowest BCUT2D eigenvalue weighted by atomic mass is 10.1. The summed E-state index contributed by atoms with van der Waals surface area (Å²) in [6, 6.07) is 15.0. The number of nitrogens with zero attached hydrogens (tertiary/aromatic N) is 2. The molecule has 0 aliphatic rings. The Morgan fingerprint density at radius 1 is 1.13 bits per heavy atom. The lowest BCUT2D eigenvalue weighted by Crippen LogP contribution is -1.82. The van der Waals surface area contributed by atoms with Gasteiger partial charge >= 0.3 is 0 Å². The molecule has 114 valence electrons. The summed E-state index contributed by atoms with van der Waals surface area (Å²) in [6.07, 6.45) is 0. The Bertz CT molecular complexity index is 990. The number of fused-ring (bicyclic) bond motifs is 1. The second-order valence-corrected chi connectivity index (χ2v) is 5.51. The number of halogens is 1. The zero-order chi connectivity index (χ0) is 15.8. The number of nitrogens with one attached hydrogen (secondary N) is 1. The molecule has 0 spiro atoms. The maximum absolute atomic E-state index is 5.99. The van der Waals surface area contributed by atoms with Crippen LogP contribution >= 0.6 is 11.6 Å². The third-order valence-electron chi connectivity index (χ3n) is 3.63. The fourth-order valence-electron chi connectivity index (χ4n) is 2.49. The SMILES string of the molecule is COc1cccc(-c2cc(-c3n[nH]c4cc(Cl)ccc34)no2)c1. The summed E-state index contributed by atoms with van der Waals surface area (Å²) in [7, 11) is 1.63. The van der Waals surface area contributed by atoms with Crippen molar-refractivity contribution in [1.29, 1.82) is 0 Å². The molecule has 0 aliphatic heterocycles. The van der Waals surface area contributed by atoms with Gasteiger partial charge in [0.05, 0.1) is 12.6 Å². The van der Waals surface area contributed by atoms with Crippen molar-refractivity contribution in [3.63, 3.8) is 0 Å². The molecule has 0 aliphatic carbocycles. The van der Waals surface area contributed by atoms with Crippen molar-refractivity contribution in [2.24, 2.45) is 0 Å². The molecule has 5 nitrogen and oxygen atoms in total. The van der Waals surface area contributed by atoms with Gasteiger partial charge in [-0.2, -0.15) is 5.10 Å². The Hall–Kier alpha value is -2.79. The summed E-state index contributed by atoms with van der Waals surface area (Å²) < 4.78 is 10.7. The molecule has 0 radical (unpaired) electrons. The van der Waals surface area contributed by atoms with Gasteiger partial charge in [-0.05, 0) is 30.3 Å². The third-order valence-corrected chi connectivity index (χ3v) is 3.87. The van der Waals surface area contributed by atoms with Gasteiger partial charge < -0.3 is 9.26 Å². The van der Waals surface area contributed by atoms with Gasteiger partial charge in [0.15, 0.2) is 5.76 Å². The molecule has 4 rings (SSSR count). The molecular weight excluding hydrogens is 314 g/mol. The van der Waals surface area contributed by atoms with Gasteiger partial charge in [-0.1, -0.05) is 28.9 Å². The van der Waals surface area contributed by atoms with Gasteiger partial charge in [-0.15, -0.1) is 0 Å². The topological polar surface area (TPSA) is 63.9 Å². The Labute approximate surface area is 136 Å². The number of aromatic nitrogens is 3. The summed E-state index contributed by atoms with van der Waals surface area (Å²) in [5, 5.41) is 13.0. The second-order valence-electron chi connectivity index (χ2n) is 5.07. The van der Waals surface area contributed by atoms with Crippen LogP contribution in [-0.2, 0) is 0 Å². The number of benzene rings is 2. The molecule has 6 heteroatoms.